The summed E-state index contributed by atoms with van der Waals surface area (Å²) in [4.78, 5) is 11.4. The molecule has 0 saturated heterocycles. The maximum absolute atomic E-state index is 12.8. The van der Waals surface area contributed by atoms with Crippen molar-refractivity contribution in [1.29, 1.82) is 0 Å². The molecule has 2 N–H and O–H groups in total. The maximum Gasteiger partial charge on any atom is 0.240 e. The Balaban J connectivity index is 1.50. The van der Waals surface area contributed by atoms with Gasteiger partial charge in [-0.15, -0.1) is 0 Å². The lowest BCUT2D eigenvalue weighted by atomic mass is 9.85. The molecule has 0 radical (unpaired) electrons. The van der Waals surface area contributed by atoms with Crippen LogP contribution >= 0.6 is 31.2 Å². The smallest absolute Gasteiger partial charge is 0.240 e. The van der Waals surface area contributed by atoms with Crippen molar-refractivity contribution < 1.29 is 17.9 Å². The zero-order valence-corrected chi connectivity index (χ0v) is 21.8. The van der Waals surface area contributed by atoms with Gasteiger partial charge in [-0.3, -0.25) is 4.57 Å². The second kappa shape index (κ2) is 10.5. The van der Waals surface area contributed by atoms with E-state index in [4.69, 9.17) is 28.1 Å². The summed E-state index contributed by atoms with van der Waals surface area (Å²) in [5.41, 5.74) is 4.60. The second-order valence-corrected chi connectivity index (χ2v) is 12.2. The van der Waals surface area contributed by atoms with Gasteiger partial charge in [0.15, 0.2) is 8.03 Å². The first-order valence-electron chi connectivity index (χ1n) is 10.7. The molecule has 180 valence electrons. The Morgan fingerprint density at radius 3 is 2.35 bits per heavy atom. The van der Waals surface area contributed by atoms with Crippen molar-refractivity contribution in [2.75, 3.05) is 13.6 Å². The summed E-state index contributed by atoms with van der Waals surface area (Å²) in [6.45, 7) is 1.63. The van der Waals surface area contributed by atoms with Crippen LogP contribution in [0.5, 0.6) is 0 Å². The quantitative estimate of drug-likeness (QED) is 0.412. The average molecular weight is 539 g/mol. The number of rotatable bonds is 7. The first kappa shape index (κ1) is 25.4. The normalized spacial score (nSPS) is 17.4. The second-order valence-electron chi connectivity index (χ2n) is 8.49. The van der Waals surface area contributed by atoms with Crippen LogP contribution in [-0.2, 0) is 33.8 Å². The Labute approximate surface area is 210 Å². The van der Waals surface area contributed by atoms with Gasteiger partial charge in [-0.2, -0.15) is 0 Å². The van der Waals surface area contributed by atoms with Crippen molar-refractivity contribution in [3.05, 3.63) is 98.5 Å². The van der Waals surface area contributed by atoms with Gasteiger partial charge in [-0.25, -0.2) is 13.1 Å². The first-order valence-corrected chi connectivity index (χ1v) is 14.5. The van der Waals surface area contributed by atoms with Gasteiger partial charge in [-0.05, 0) is 59.1 Å². The topological polar surface area (TPSA) is 86.7 Å². The fourth-order valence-electron chi connectivity index (χ4n) is 4.22. The van der Waals surface area contributed by atoms with Crippen LogP contribution in [-0.4, -0.2) is 31.8 Å². The van der Waals surface area contributed by atoms with E-state index in [-0.39, 0.29) is 23.5 Å². The van der Waals surface area contributed by atoms with Gasteiger partial charge in [0.2, 0.25) is 10.0 Å². The van der Waals surface area contributed by atoms with Crippen molar-refractivity contribution in [2.45, 2.75) is 30.1 Å². The van der Waals surface area contributed by atoms with E-state index in [1.807, 2.05) is 25.2 Å². The van der Waals surface area contributed by atoms with Crippen LogP contribution in [0.3, 0.4) is 0 Å². The van der Waals surface area contributed by atoms with E-state index >= 15 is 0 Å². The summed E-state index contributed by atoms with van der Waals surface area (Å²) in [5.74, 6) is 0.0306. The molecular weight excluding hydrogens is 514 g/mol. The van der Waals surface area contributed by atoms with E-state index in [1.54, 1.807) is 42.5 Å². The summed E-state index contributed by atoms with van der Waals surface area (Å²) < 4.78 is 39.2. The third kappa shape index (κ3) is 5.92. The van der Waals surface area contributed by atoms with Gasteiger partial charge in [0, 0.05) is 41.8 Å². The SMILES string of the molecule is CN1Cc2c(Cl)cc(Cl)cc2C(c2ccc(S(=O)(=O)NCc3ccc(C[PH](=O)O)cc3)cc2)C1. The van der Waals surface area contributed by atoms with Gasteiger partial charge < -0.3 is 9.79 Å². The molecule has 2 atom stereocenters. The Bertz CT molecular complexity index is 1320. The molecule has 34 heavy (non-hydrogen) atoms. The van der Waals surface area contributed by atoms with Crippen LogP contribution in [0, 0.1) is 0 Å². The molecule has 0 aromatic heterocycles. The molecule has 1 aliphatic rings. The van der Waals surface area contributed by atoms with Gasteiger partial charge in [0.1, 0.15) is 0 Å². The van der Waals surface area contributed by atoms with Crippen molar-refractivity contribution in [1.82, 2.24) is 9.62 Å². The standard InChI is InChI=1S/C24H25Cl2N2O4PS/c1-28-13-22(21-10-19(25)11-24(26)23(21)14-28)18-6-8-20(9-7-18)34(31,32)27-12-16-2-4-17(5-3-16)15-33(29)30/h2-11,22,27,33H,12-15H2,1H3,(H,29,30). The molecule has 0 amide bonds. The molecule has 0 fully saturated rings. The Morgan fingerprint density at radius 2 is 1.71 bits per heavy atom. The van der Waals surface area contributed by atoms with Gasteiger partial charge in [0.05, 0.1) is 4.90 Å². The van der Waals surface area contributed by atoms with Crippen LogP contribution in [0.25, 0.3) is 0 Å². The number of benzene rings is 3. The number of hydrogen-bond acceptors (Lipinski definition) is 4. The van der Waals surface area contributed by atoms with Crippen LogP contribution in [0.1, 0.15) is 33.7 Å². The predicted molar refractivity (Wildman–Crippen MR) is 136 cm³/mol. The molecule has 0 bridgehead atoms. The van der Waals surface area contributed by atoms with Crippen LogP contribution in [0.4, 0.5) is 0 Å². The highest BCUT2D eigenvalue weighted by atomic mass is 35.5. The van der Waals surface area contributed by atoms with Crippen molar-refractivity contribution in [3.8, 4) is 0 Å². The molecule has 1 heterocycles. The van der Waals surface area contributed by atoms with E-state index in [2.05, 4.69) is 9.62 Å². The lowest BCUT2D eigenvalue weighted by Gasteiger charge is -2.33. The Kier molecular flexibility index (Phi) is 7.85. The summed E-state index contributed by atoms with van der Waals surface area (Å²) in [6, 6.07) is 17.5. The molecule has 4 rings (SSSR count). The van der Waals surface area contributed by atoms with Crippen molar-refractivity contribution in [3.63, 3.8) is 0 Å². The van der Waals surface area contributed by atoms with Crippen molar-refractivity contribution >= 4 is 41.3 Å². The van der Waals surface area contributed by atoms with Crippen LogP contribution < -0.4 is 4.72 Å². The number of halogens is 2. The Morgan fingerprint density at radius 1 is 1.06 bits per heavy atom. The van der Waals surface area contributed by atoms with Gasteiger partial charge in [0.25, 0.3) is 0 Å². The Hall–Kier alpha value is -1.70. The van der Waals surface area contributed by atoms with Crippen molar-refractivity contribution in [2.24, 2.45) is 0 Å². The number of hydrogen-bond donors (Lipinski definition) is 2. The summed E-state index contributed by atoms with van der Waals surface area (Å²) in [7, 11) is -4.26. The lowest BCUT2D eigenvalue weighted by molar-refractivity contribution is 0.295. The number of nitrogens with zero attached hydrogens (tertiary/aromatic N) is 1. The molecule has 3 aromatic rings. The van der Waals surface area contributed by atoms with Crippen LogP contribution in [0.2, 0.25) is 10.0 Å². The fraction of sp³-hybridized carbons (Fsp3) is 0.250. The number of likely N-dealkylation sites (N-methyl/N-ethyl adjacent to an activating group) is 1. The number of sulfonamides is 1. The van der Waals surface area contributed by atoms with E-state index in [0.717, 1.165) is 40.9 Å². The number of fused-ring (bicyclic) bond motifs is 1. The molecule has 0 saturated carbocycles. The molecule has 10 heteroatoms. The van der Waals surface area contributed by atoms with E-state index in [9.17, 15) is 13.0 Å². The largest absolute Gasteiger partial charge is 0.346 e. The third-order valence-corrected chi connectivity index (χ3v) is 8.61. The highest BCUT2D eigenvalue weighted by Gasteiger charge is 2.27. The van der Waals surface area contributed by atoms with Crippen LogP contribution in [0.15, 0.2) is 65.6 Å². The summed E-state index contributed by atoms with van der Waals surface area (Å²) in [6.07, 6.45) is 0.114. The van der Waals surface area contributed by atoms with E-state index in [0.29, 0.717) is 10.0 Å². The zero-order valence-electron chi connectivity index (χ0n) is 18.5. The average Bonchev–Trinajstić information content (AvgIpc) is 2.78. The third-order valence-electron chi connectivity index (χ3n) is 5.93. The fourth-order valence-corrected chi connectivity index (χ4v) is 6.39. The molecular formula is C24H25Cl2N2O4PS. The van der Waals surface area contributed by atoms with E-state index in [1.165, 1.54) is 0 Å². The molecule has 0 aliphatic carbocycles. The zero-order chi connectivity index (χ0) is 24.5. The highest BCUT2D eigenvalue weighted by Crippen LogP contribution is 2.38. The molecule has 1 aliphatic heterocycles. The minimum atomic E-state index is -3.71. The van der Waals surface area contributed by atoms with Gasteiger partial charge >= 0.3 is 0 Å². The summed E-state index contributed by atoms with van der Waals surface area (Å²) >= 11 is 12.7. The predicted octanol–water partition coefficient (Wildman–Crippen LogP) is 5.02. The lowest BCUT2D eigenvalue weighted by Crippen LogP contribution is -2.31. The minimum Gasteiger partial charge on any atom is -0.346 e. The first-order chi connectivity index (χ1) is 16.1. The summed E-state index contributed by atoms with van der Waals surface area (Å²) in [5, 5.41) is 1.22. The minimum absolute atomic E-state index is 0.0306. The number of nitrogens with one attached hydrogen (secondary N) is 1. The van der Waals surface area contributed by atoms with E-state index < -0.39 is 18.1 Å². The maximum atomic E-state index is 12.8. The molecule has 6 nitrogen and oxygen atoms in total. The van der Waals surface area contributed by atoms with Gasteiger partial charge in [-0.1, -0.05) is 59.6 Å². The monoisotopic (exact) mass is 538 g/mol. The molecule has 0 spiro atoms. The molecule has 3 aromatic carbocycles. The molecule has 2 unspecified atom stereocenters. The highest BCUT2D eigenvalue weighted by molar-refractivity contribution is 7.89.